The number of amides is 2. The molecule has 8 nitrogen and oxygen atoms in total. The quantitative estimate of drug-likeness (QED) is 0.247. The Labute approximate surface area is 239 Å². The van der Waals surface area contributed by atoms with E-state index in [0.29, 0.717) is 18.8 Å². The topological polar surface area (TPSA) is 93.3 Å². The van der Waals surface area contributed by atoms with Crippen molar-refractivity contribution in [1.82, 2.24) is 19.9 Å². The number of anilines is 1. The number of aromatic nitrogens is 3. The van der Waals surface area contributed by atoms with E-state index in [0.717, 1.165) is 59.4 Å². The van der Waals surface area contributed by atoms with Crippen molar-refractivity contribution < 1.29 is 14.0 Å². The third-order valence-electron chi connectivity index (χ3n) is 7.90. The molecular formula is C33H33N5O3. The second-order valence-electron chi connectivity index (χ2n) is 10.6. The van der Waals surface area contributed by atoms with Crippen LogP contribution in [0.15, 0.2) is 89.6 Å². The highest BCUT2D eigenvalue weighted by Crippen LogP contribution is 2.31. The van der Waals surface area contributed by atoms with E-state index in [9.17, 15) is 9.59 Å². The predicted molar refractivity (Wildman–Crippen MR) is 158 cm³/mol. The van der Waals surface area contributed by atoms with Gasteiger partial charge in [-0.1, -0.05) is 31.4 Å². The second kappa shape index (κ2) is 11.8. The first-order valence-corrected chi connectivity index (χ1v) is 14.2. The lowest BCUT2D eigenvalue weighted by molar-refractivity contribution is -0.123. The number of imidazole rings is 1. The zero-order chi connectivity index (χ0) is 28.2. The van der Waals surface area contributed by atoms with E-state index >= 15 is 0 Å². The third-order valence-corrected chi connectivity index (χ3v) is 7.90. The molecule has 0 saturated heterocycles. The molecule has 41 heavy (non-hydrogen) atoms. The number of fused-ring (bicyclic) bond motifs is 1. The number of nitrogens with one attached hydrogen (secondary N) is 1. The highest BCUT2D eigenvalue weighted by molar-refractivity contribution is 5.95. The van der Waals surface area contributed by atoms with E-state index in [1.165, 1.54) is 6.42 Å². The molecule has 1 saturated carbocycles. The summed E-state index contributed by atoms with van der Waals surface area (Å²) in [6, 6.07) is 23.0. The Kier molecular flexibility index (Phi) is 7.63. The summed E-state index contributed by atoms with van der Waals surface area (Å²) in [5.41, 5.74) is 4.57. The van der Waals surface area contributed by atoms with Crippen molar-refractivity contribution in [2.75, 3.05) is 4.90 Å². The summed E-state index contributed by atoms with van der Waals surface area (Å²) in [4.78, 5) is 37.2. The molecule has 3 aromatic heterocycles. The summed E-state index contributed by atoms with van der Waals surface area (Å²) >= 11 is 0. The van der Waals surface area contributed by atoms with Crippen molar-refractivity contribution >= 4 is 28.5 Å². The van der Waals surface area contributed by atoms with E-state index in [1.807, 2.05) is 72.6 Å². The summed E-state index contributed by atoms with van der Waals surface area (Å²) in [6.07, 6.45) is 8.61. The average Bonchev–Trinajstić information content (AvgIpc) is 3.65. The lowest BCUT2D eigenvalue weighted by Crippen LogP contribution is -2.37. The minimum absolute atomic E-state index is 0.0244. The van der Waals surface area contributed by atoms with Crippen LogP contribution < -0.4 is 10.2 Å². The maximum Gasteiger partial charge on any atom is 0.287 e. The van der Waals surface area contributed by atoms with Crippen LogP contribution >= 0.6 is 0 Å². The maximum atomic E-state index is 13.8. The van der Waals surface area contributed by atoms with Crippen LogP contribution in [-0.4, -0.2) is 26.3 Å². The molecule has 208 valence electrons. The van der Waals surface area contributed by atoms with Crippen LogP contribution in [0.1, 0.15) is 54.0 Å². The maximum absolute atomic E-state index is 13.8. The smallest absolute Gasteiger partial charge is 0.287 e. The fraction of sp³-hybridized carbons (Fsp3) is 0.273. The fourth-order valence-electron chi connectivity index (χ4n) is 5.54. The first-order valence-electron chi connectivity index (χ1n) is 14.2. The van der Waals surface area contributed by atoms with Gasteiger partial charge in [0.1, 0.15) is 11.6 Å². The highest BCUT2D eigenvalue weighted by Gasteiger charge is 2.28. The number of carbonyl (C=O) groups is 2. The number of carbonyl (C=O) groups excluding carboxylic acids is 2. The lowest BCUT2D eigenvalue weighted by Gasteiger charge is -2.29. The van der Waals surface area contributed by atoms with Gasteiger partial charge in [-0.25, -0.2) is 4.98 Å². The minimum atomic E-state index is -0.281. The molecule has 5 aromatic rings. The number of para-hydroxylation sites is 2. The van der Waals surface area contributed by atoms with Crippen LogP contribution in [0.2, 0.25) is 0 Å². The Morgan fingerprint density at radius 1 is 0.951 bits per heavy atom. The SMILES string of the molecule is Cn1c(CN(C(=O)C2CCCCC2)c2ccc(-c3ccc(C(=O)NCc4ccncc4)o3)cc2)nc2ccccc21. The normalized spacial score (nSPS) is 13.8. The molecule has 0 atom stereocenters. The number of aryl methyl sites for hydroxylation is 1. The molecule has 1 N–H and O–H groups in total. The van der Waals surface area contributed by atoms with E-state index in [-0.39, 0.29) is 23.5 Å². The molecule has 1 aliphatic rings. The highest BCUT2D eigenvalue weighted by atomic mass is 16.3. The molecule has 0 bridgehead atoms. The number of pyridine rings is 1. The number of nitrogens with zero attached hydrogens (tertiary/aromatic N) is 4. The third kappa shape index (κ3) is 5.77. The van der Waals surface area contributed by atoms with Gasteiger partial charge in [0.05, 0.1) is 17.6 Å². The summed E-state index contributed by atoms with van der Waals surface area (Å²) in [5, 5.41) is 2.87. The van der Waals surface area contributed by atoms with E-state index in [2.05, 4.69) is 14.9 Å². The van der Waals surface area contributed by atoms with Crippen molar-refractivity contribution in [2.45, 2.75) is 45.2 Å². The van der Waals surface area contributed by atoms with Gasteiger partial charge in [-0.15, -0.1) is 0 Å². The van der Waals surface area contributed by atoms with Gasteiger partial charge in [0.25, 0.3) is 5.91 Å². The Hall–Kier alpha value is -4.72. The first-order chi connectivity index (χ1) is 20.1. The Balaban J connectivity index is 1.22. The first kappa shape index (κ1) is 26.5. The number of hydrogen-bond acceptors (Lipinski definition) is 5. The van der Waals surface area contributed by atoms with Crippen LogP contribution in [0, 0.1) is 5.92 Å². The zero-order valence-electron chi connectivity index (χ0n) is 23.1. The Bertz CT molecular complexity index is 1650. The number of furan rings is 1. The summed E-state index contributed by atoms with van der Waals surface area (Å²) in [6.45, 7) is 0.783. The standard InChI is InChI=1S/C33H33N5O3/c1-37-28-10-6-5-9-27(28)36-31(37)22-38(33(40)25-7-3-2-4-8-25)26-13-11-24(12-14-26)29-15-16-30(41-29)32(39)35-21-23-17-19-34-20-18-23/h5-6,9-20,25H,2-4,7-8,21-22H2,1H3,(H,35,39). The molecule has 1 aliphatic carbocycles. The summed E-state index contributed by atoms with van der Waals surface area (Å²) in [5.74, 6) is 1.57. The number of hydrogen-bond donors (Lipinski definition) is 1. The molecule has 0 aliphatic heterocycles. The van der Waals surface area contributed by atoms with Crippen molar-refractivity contribution in [3.05, 3.63) is 102 Å². The molecule has 0 radical (unpaired) electrons. The Morgan fingerprint density at radius 2 is 1.71 bits per heavy atom. The van der Waals surface area contributed by atoms with Crippen molar-refractivity contribution in [2.24, 2.45) is 13.0 Å². The lowest BCUT2D eigenvalue weighted by atomic mass is 9.88. The van der Waals surface area contributed by atoms with Gasteiger partial charge in [0.2, 0.25) is 5.91 Å². The molecule has 1 fully saturated rings. The monoisotopic (exact) mass is 547 g/mol. The van der Waals surface area contributed by atoms with Crippen LogP contribution in [0.3, 0.4) is 0 Å². The Morgan fingerprint density at radius 3 is 2.46 bits per heavy atom. The van der Waals surface area contributed by atoms with E-state index < -0.39 is 0 Å². The molecular weight excluding hydrogens is 514 g/mol. The number of rotatable bonds is 8. The minimum Gasteiger partial charge on any atom is -0.451 e. The van der Waals surface area contributed by atoms with Gasteiger partial charge in [0.15, 0.2) is 5.76 Å². The molecule has 2 aromatic carbocycles. The zero-order valence-corrected chi connectivity index (χ0v) is 23.1. The van der Waals surface area contributed by atoms with Gasteiger partial charge in [0, 0.05) is 43.2 Å². The van der Waals surface area contributed by atoms with Gasteiger partial charge in [-0.2, -0.15) is 0 Å². The van der Waals surface area contributed by atoms with E-state index in [4.69, 9.17) is 9.40 Å². The van der Waals surface area contributed by atoms with Crippen LogP contribution in [0.5, 0.6) is 0 Å². The van der Waals surface area contributed by atoms with Crippen LogP contribution in [0.25, 0.3) is 22.4 Å². The molecule has 8 heteroatoms. The van der Waals surface area contributed by atoms with Crippen molar-refractivity contribution in [1.29, 1.82) is 0 Å². The predicted octanol–water partition coefficient (Wildman–Crippen LogP) is 6.27. The van der Waals surface area contributed by atoms with E-state index in [1.54, 1.807) is 24.5 Å². The average molecular weight is 548 g/mol. The summed E-state index contributed by atoms with van der Waals surface area (Å²) < 4.78 is 7.95. The van der Waals surface area contributed by atoms with Crippen molar-refractivity contribution in [3.63, 3.8) is 0 Å². The van der Waals surface area contributed by atoms with Gasteiger partial charge < -0.3 is 19.2 Å². The molecule has 0 spiro atoms. The van der Waals surface area contributed by atoms with Gasteiger partial charge in [-0.05, 0) is 79.1 Å². The molecule has 2 amide bonds. The molecule has 3 heterocycles. The molecule has 6 rings (SSSR count). The van der Waals surface area contributed by atoms with Crippen molar-refractivity contribution in [3.8, 4) is 11.3 Å². The van der Waals surface area contributed by atoms with Crippen LogP contribution in [0.4, 0.5) is 5.69 Å². The van der Waals surface area contributed by atoms with Gasteiger partial charge in [-0.3, -0.25) is 14.6 Å². The molecule has 0 unspecified atom stereocenters. The largest absolute Gasteiger partial charge is 0.451 e. The van der Waals surface area contributed by atoms with Gasteiger partial charge >= 0.3 is 0 Å². The second-order valence-corrected chi connectivity index (χ2v) is 10.6. The van der Waals surface area contributed by atoms with Crippen LogP contribution in [-0.2, 0) is 24.9 Å². The fourth-order valence-corrected chi connectivity index (χ4v) is 5.54. The number of benzene rings is 2. The summed E-state index contributed by atoms with van der Waals surface area (Å²) in [7, 11) is 2.00.